The van der Waals surface area contributed by atoms with Gasteiger partial charge in [-0.3, -0.25) is 39.3 Å². The lowest BCUT2D eigenvalue weighted by Gasteiger charge is -2.22. The summed E-state index contributed by atoms with van der Waals surface area (Å²) in [6, 6.07) is 13.1. The summed E-state index contributed by atoms with van der Waals surface area (Å²) in [7, 11) is -8.75. The van der Waals surface area contributed by atoms with Crippen LogP contribution in [0.5, 0.6) is 0 Å². The van der Waals surface area contributed by atoms with E-state index in [1.165, 1.54) is 69.8 Å². The molecule has 2 saturated carbocycles. The number of nitrogens with zero attached hydrogens (tertiary/aromatic N) is 5. The number of pyridine rings is 5. The van der Waals surface area contributed by atoms with Crippen molar-refractivity contribution in [2.45, 2.75) is 123 Å². The Morgan fingerprint density at radius 3 is 1.56 bits per heavy atom. The predicted octanol–water partition coefficient (Wildman–Crippen LogP) is 7.22. The summed E-state index contributed by atoms with van der Waals surface area (Å²) >= 11 is 0. The first-order valence-electron chi connectivity index (χ1n) is 25.8. The van der Waals surface area contributed by atoms with Gasteiger partial charge in [0.25, 0.3) is 17.7 Å². The molecule has 2 aromatic carbocycles. The highest BCUT2D eigenvalue weighted by atomic mass is 32.2. The average Bonchev–Trinajstić information content (AvgIpc) is 4.54. The third-order valence-electron chi connectivity index (χ3n) is 14.9. The van der Waals surface area contributed by atoms with Gasteiger partial charge in [-0.1, -0.05) is 0 Å². The number of amides is 3. The Labute approximate surface area is 449 Å². The van der Waals surface area contributed by atoms with Gasteiger partial charge in [-0.05, 0) is 142 Å². The molecule has 0 spiro atoms. The predicted molar refractivity (Wildman–Crippen MR) is 286 cm³/mol. The zero-order valence-electron chi connectivity index (χ0n) is 42.9. The van der Waals surface area contributed by atoms with Crippen molar-refractivity contribution >= 4 is 59.3 Å². The van der Waals surface area contributed by atoms with E-state index < -0.39 is 86.4 Å². The Morgan fingerprint density at radius 2 is 1.08 bits per heavy atom. The van der Waals surface area contributed by atoms with E-state index in [4.69, 9.17) is 10.7 Å². The third kappa shape index (κ3) is 11.0. The van der Waals surface area contributed by atoms with Crippen molar-refractivity contribution in [3.8, 4) is 0 Å². The number of benzene rings is 2. The van der Waals surface area contributed by atoms with Crippen molar-refractivity contribution in [1.82, 2.24) is 50.3 Å². The van der Waals surface area contributed by atoms with E-state index in [2.05, 4.69) is 45.3 Å². The molecule has 5 atom stereocenters. The Balaban J connectivity index is 0.831. The van der Waals surface area contributed by atoms with Gasteiger partial charge in [-0.2, -0.15) is 0 Å². The molecule has 5 unspecified atom stereocenters. The van der Waals surface area contributed by atoms with Gasteiger partial charge in [0.2, 0.25) is 20.0 Å². The van der Waals surface area contributed by atoms with Crippen LogP contribution in [-0.4, -0.2) is 83.9 Å². The third-order valence-corrected chi connectivity index (χ3v) is 17.8. The molecule has 11 rings (SSSR count). The second-order valence-electron chi connectivity index (χ2n) is 21.7. The number of nitrogens with two attached hydrogens (primary N) is 1. The summed E-state index contributed by atoms with van der Waals surface area (Å²) in [6.45, 7) is 2.64. The number of hydrogen-bond acceptors (Lipinski definition) is 13. The van der Waals surface area contributed by atoms with Crippen LogP contribution in [0, 0.1) is 0 Å². The molecule has 2 fully saturated rings. The second-order valence-corrected chi connectivity index (χ2v) is 25.2. The number of rotatable bonds is 18. The summed E-state index contributed by atoms with van der Waals surface area (Å²) in [6.07, 6.45) is 14.1. The molecule has 0 bridgehead atoms. The minimum absolute atomic E-state index is 0.0980. The van der Waals surface area contributed by atoms with Gasteiger partial charge in [0, 0.05) is 119 Å². The van der Waals surface area contributed by atoms with E-state index in [0.717, 1.165) is 31.4 Å². The fraction of sp³-hybridized carbons (Fsp3) is 0.357. The first-order valence-corrected chi connectivity index (χ1v) is 28.8. The molecule has 404 valence electrons. The van der Waals surface area contributed by atoms with Gasteiger partial charge in [0.15, 0.2) is 0 Å². The van der Waals surface area contributed by atoms with Crippen LogP contribution < -0.4 is 31.1 Å². The van der Waals surface area contributed by atoms with Gasteiger partial charge < -0.3 is 21.7 Å². The van der Waals surface area contributed by atoms with Crippen molar-refractivity contribution in [3.63, 3.8) is 0 Å². The normalized spacial score (nSPS) is 20.0. The van der Waals surface area contributed by atoms with Crippen LogP contribution in [0.4, 0.5) is 8.78 Å². The topological polar surface area (TPSA) is 270 Å². The molecular formula is C56H57F2N11O7S2. The second kappa shape index (κ2) is 20.2. The monoisotopic (exact) mass is 1100 g/mol. The minimum atomic E-state index is -4.42. The average molecular weight is 1100 g/mol. The van der Waals surface area contributed by atoms with Crippen LogP contribution in [0.15, 0.2) is 114 Å². The summed E-state index contributed by atoms with van der Waals surface area (Å²) in [4.78, 5) is 62.8. The van der Waals surface area contributed by atoms with Gasteiger partial charge in [-0.25, -0.2) is 35.1 Å². The van der Waals surface area contributed by atoms with Crippen molar-refractivity contribution in [2.24, 2.45) is 5.73 Å². The number of carbonyl (C=O) groups excluding carboxylic acids is 3. The largest absolute Gasteiger partial charge is 0.345 e. The number of halogens is 2. The molecule has 22 heteroatoms. The van der Waals surface area contributed by atoms with E-state index in [1.807, 2.05) is 0 Å². The fourth-order valence-electron chi connectivity index (χ4n) is 10.6. The maximum absolute atomic E-state index is 16.6. The highest BCUT2D eigenvalue weighted by Crippen LogP contribution is 2.48. The van der Waals surface area contributed by atoms with Crippen molar-refractivity contribution < 1.29 is 40.0 Å². The lowest BCUT2D eigenvalue weighted by molar-refractivity contribution is 0.0919. The molecule has 7 aromatic rings. The van der Waals surface area contributed by atoms with Crippen molar-refractivity contribution in [2.75, 3.05) is 13.1 Å². The highest BCUT2D eigenvalue weighted by Gasteiger charge is 2.40. The van der Waals surface area contributed by atoms with Crippen molar-refractivity contribution in [1.29, 1.82) is 0 Å². The fourth-order valence-corrected chi connectivity index (χ4v) is 13.4. The molecule has 0 aliphatic heterocycles. The quantitative estimate of drug-likeness (QED) is 0.0496. The number of fused-ring (bicyclic) bond motifs is 6. The molecule has 78 heavy (non-hydrogen) atoms. The van der Waals surface area contributed by atoms with Crippen LogP contribution >= 0.6 is 0 Å². The van der Waals surface area contributed by atoms with E-state index in [0.29, 0.717) is 61.5 Å². The minimum Gasteiger partial charge on any atom is -0.345 e. The van der Waals surface area contributed by atoms with Crippen molar-refractivity contribution in [3.05, 3.63) is 160 Å². The SMILES string of the molecule is CC(C)(F)CNS(=O)(=O)c1cc2c(c3cnc(C4CC4)cc13)C(NC(=O)c1ccc(CC(C)(F)CNS(=O)(=O)c3cc4c(c5cnc(C6CC6)cc35)C(N)CC4NC(=O)c3cccnc3)nc1)CC2NC(=O)c1cccnc1. The summed E-state index contributed by atoms with van der Waals surface area (Å²) in [5, 5.41) is 10.7. The van der Waals surface area contributed by atoms with Gasteiger partial charge in [-0.15, -0.1) is 0 Å². The molecule has 0 saturated heterocycles. The lowest BCUT2D eigenvalue weighted by atomic mass is 9.98. The van der Waals surface area contributed by atoms with Crippen LogP contribution in [0.25, 0.3) is 21.5 Å². The van der Waals surface area contributed by atoms with E-state index in [1.54, 1.807) is 55.0 Å². The number of sulfonamides is 2. The molecule has 4 aliphatic rings. The molecule has 5 heterocycles. The van der Waals surface area contributed by atoms with E-state index >= 15 is 4.39 Å². The van der Waals surface area contributed by atoms with Gasteiger partial charge in [0.05, 0.1) is 44.6 Å². The summed E-state index contributed by atoms with van der Waals surface area (Å²) in [5.74, 6) is -1.11. The number of aromatic nitrogens is 5. The smallest absolute Gasteiger partial charge is 0.253 e. The van der Waals surface area contributed by atoms with Crippen LogP contribution in [0.1, 0.15) is 166 Å². The zero-order chi connectivity index (χ0) is 54.9. The Kier molecular flexibility index (Phi) is 13.7. The number of nitrogens with one attached hydrogen (secondary N) is 5. The summed E-state index contributed by atoms with van der Waals surface area (Å²) in [5.41, 5.74) is 7.17. The molecule has 5 aromatic heterocycles. The maximum atomic E-state index is 16.6. The molecule has 0 radical (unpaired) electrons. The van der Waals surface area contributed by atoms with Crippen LogP contribution in [0.3, 0.4) is 0 Å². The molecule has 4 aliphatic carbocycles. The molecule has 7 N–H and O–H groups in total. The number of hydrogen-bond donors (Lipinski definition) is 6. The van der Waals surface area contributed by atoms with Crippen LogP contribution in [-0.2, 0) is 26.5 Å². The maximum Gasteiger partial charge on any atom is 0.253 e. The first-order chi connectivity index (χ1) is 37.1. The molecule has 18 nitrogen and oxygen atoms in total. The lowest BCUT2D eigenvalue weighted by Crippen LogP contribution is -2.39. The molecular weight excluding hydrogens is 1040 g/mol. The van der Waals surface area contributed by atoms with E-state index in [9.17, 15) is 35.6 Å². The Hall–Kier alpha value is -7.24. The number of alkyl halides is 2. The number of carbonyl (C=O) groups is 3. The molecule has 3 amide bonds. The Bertz CT molecular complexity index is 3770. The van der Waals surface area contributed by atoms with Gasteiger partial charge in [0.1, 0.15) is 11.3 Å². The first kappa shape index (κ1) is 52.8. The van der Waals surface area contributed by atoms with Gasteiger partial charge >= 0.3 is 0 Å². The zero-order valence-corrected chi connectivity index (χ0v) is 44.5. The highest BCUT2D eigenvalue weighted by molar-refractivity contribution is 7.90. The summed E-state index contributed by atoms with van der Waals surface area (Å²) < 4.78 is 93.3. The Morgan fingerprint density at radius 1 is 0.590 bits per heavy atom. The van der Waals surface area contributed by atoms with Crippen LogP contribution in [0.2, 0.25) is 0 Å². The van der Waals surface area contributed by atoms with E-state index in [-0.39, 0.29) is 51.3 Å². The standard InChI is InChI=1S/C56H57F2N11O7S2/c1-55(2,57)28-65-77(73,74)49-19-39-46(68-53(71)33-7-5-15-61-24-33)21-47(51(39)41-27-64-44(17-37(41)49)31-10-11-31)69-54(72)34-12-13-35(62-25-34)22-56(3,58)29-66-78(75,76)48-18-38-45(67-52(70)32-6-4-14-60-23-32)20-42(59)50(38)40-26-63-43(16-36(40)48)30-8-9-30/h4-7,12-19,23-27,30-31,42,45-47,65-66H,8-11,20-22,28-29,59H2,1-3H3,(H,67,70)(H,68,71)(H,69,72).